The van der Waals surface area contributed by atoms with E-state index >= 15 is 0 Å². The highest BCUT2D eigenvalue weighted by atomic mass is 19.1. The highest BCUT2D eigenvalue weighted by Gasteiger charge is 2.51. The predicted molar refractivity (Wildman–Crippen MR) is 80.7 cm³/mol. The summed E-state index contributed by atoms with van der Waals surface area (Å²) in [4.78, 5) is 13.0. The highest BCUT2D eigenvalue weighted by molar-refractivity contribution is 6.00. The molecule has 1 aromatic rings. The number of carbonyl (C=O) groups is 1. The molecule has 1 nitrogen and oxygen atoms in total. The molecule has 1 aromatic carbocycles. The molecule has 0 N–H and O–H groups in total. The number of aryl methyl sites for hydroxylation is 2. The van der Waals surface area contributed by atoms with Crippen LogP contribution in [0, 0.1) is 49.3 Å². The van der Waals surface area contributed by atoms with E-state index in [2.05, 4.69) is 0 Å². The van der Waals surface area contributed by atoms with E-state index in [1.807, 2.05) is 19.9 Å². The molecule has 4 bridgehead atoms. The summed E-state index contributed by atoms with van der Waals surface area (Å²) in [6.45, 7) is 3.76. The van der Waals surface area contributed by atoms with Crippen molar-refractivity contribution in [1.82, 2.24) is 0 Å². The van der Waals surface area contributed by atoms with Crippen LogP contribution in [0.4, 0.5) is 4.39 Å². The SMILES string of the molecule is Cc1cc(C)c(C(=O)C2C3CC4CC(C3)CC2C4)c(F)c1. The second kappa shape index (κ2) is 4.66. The van der Waals surface area contributed by atoms with Crippen LogP contribution in [-0.2, 0) is 0 Å². The van der Waals surface area contributed by atoms with Crippen LogP contribution in [0.2, 0.25) is 0 Å². The van der Waals surface area contributed by atoms with Gasteiger partial charge in [-0.05, 0) is 86.8 Å². The first kappa shape index (κ1) is 13.5. The molecule has 0 unspecified atom stereocenters. The summed E-state index contributed by atoms with van der Waals surface area (Å²) in [5.74, 6) is 2.61. The number of halogens is 1. The molecule has 0 amide bonds. The fourth-order valence-electron chi connectivity index (χ4n) is 5.75. The summed E-state index contributed by atoms with van der Waals surface area (Å²) < 4.78 is 14.4. The van der Waals surface area contributed by atoms with E-state index in [1.165, 1.54) is 38.2 Å². The molecule has 0 heterocycles. The first-order valence-electron chi connectivity index (χ1n) is 8.34. The Morgan fingerprint density at radius 1 is 1.00 bits per heavy atom. The van der Waals surface area contributed by atoms with E-state index < -0.39 is 0 Å². The molecule has 4 aliphatic rings. The molecule has 0 spiro atoms. The van der Waals surface area contributed by atoms with Gasteiger partial charge in [0.05, 0.1) is 5.56 Å². The second-order valence-electron chi connectivity index (χ2n) is 7.76. The molecular weight excluding hydrogens is 263 g/mol. The van der Waals surface area contributed by atoms with E-state index in [0.717, 1.165) is 23.0 Å². The summed E-state index contributed by atoms with van der Waals surface area (Å²) in [6, 6.07) is 3.45. The number of Topliss-reactive ketones (excluding diaryl/α,β-unsaturated/α-hetero) is 1. The summed E-state index contributed by atoms with van der Waals surface area (Å²) >= 11 is 0. The Kier molecular flexibility index (Phi) is 2.99. The molecule has 0 radical (unpaired) electrons. The topological polar surface area (TPSA) is 17.1 Å². The van der Waals surface area contributed by atoms with Crippen molar-refractivity contribution in [1.29, 1.82) is 0 Å². The minimum absolute atomic E-state index is 0.0914. The molecule has 0 saturated heterocycles. The maximum absolute atomic E-state index is 14.4. The molecule has 4 fully saturated rings. The summed E-state index contributed by atoms with van der Waals surface area (Å²) in [7, 11) is 0. The van der Waals surface area contributed by atoms with Gasteiger partial charge in [0, 0.05) is 5.92 Å². The van der Waals surface area contributed by atoms with Crippen LogP contribution in [0.15, 0.2) is 12.1 Å². The minimum atomic E-state index is -0.314. The Labute approximate surface area is 125 Å². The van der Waals surface area contributed by atoms with Crippen LogP contribution in [0.3, 0.4) is 0 Å². The van der Waals surface area contributed by atoms with E-state index in [-0.39, 0.29) is 17.5 Å². The van der Waals surface area contributed by atoms with Crippen molar-refractivity contribution >= 4 is 5.78 Å². The zero-order chi connectivity index (χ0) is 14.7. The van der Waals surface area contributed by atoms with Crippen molar-refractivity contribution in [3.8, 4) is 0 Å². The summed E-state index contributed by atoms with van der Waals surface area (Å²) in [5.41, 5.74) is 2.08. The Morgan fingerprint density at radius 2 is 1.57 bits per heavy atom. The van der Waals surface area contributed by atoms with Crippen LogP contribution >= 0.6 is 0 Å². The third-order valence-electron chi connectivity index (χ3n) is 6.21. The maximum atomic E-state index is 14.4. The van der Waals surface area contributed by atoms with Gasteiger partial charge in [-0.2, -0.15) is 0 Å². The Morgan fingerprint density at radius 3 is 2.10 bits per heavy atom. The normalized spacial score (nSPS) is 37.0. The van der Waals surface area contributed by atoms with E-state index in [0.29, 0.717) is 17.4 Å². The Hall–Kier alpha value is -1.18. The molecule has 21 heavy (non-hydrogen) atoms. The Balaban J connectivity index is 1.69. The van der Waals surface area contributed by atoms with Crippen molar-refractivity contribution in [3.63, 3.8) is 0 Å². The van der Waals surface area contributed by atoms with E-state index in [1.54, 1.807) is 0 Å². The average Bonchev–Trinajstić information content (AvgIpc) is 2.35. The lowest BCUT2D eigenvalue weighted by atomic mass is 9.50. The van der Waals surface area contributed by atoms with Gasteiger partial charge in [-0.15, -0.1) is 0 Å². The zero-order valence-corrected chi connectivity index (χ0v) is 12.9. The van der Waals surface area contributed by atoms with Crippen molar-refractivity contribution in [2.24, 2.45) is 29.6 Å². The quantitative estimate of drug-likeness (QED) is 0.720. The summed E-state index contributed by atoms with van der Waals surface area (Å²) in [5, 5.41) is 0. The lowest BCUT2D eigenvalue weighted by Gasteiger charge is -2.53. The van der Waals surface area contributed by atoms with E-state index in [4.69, 9.17) is 0 Å². The lowest BCUT2D eigenvalue weighted by molar-refractivity contribution is -0.0252. The van der Waals surface area contributed by atoms with Crippen molar-refractivity contribution < 1.29 is 9.18 Å². The van der Waals surface area contributed by atoms with Gasteiger partial charge in [0.25, 0.3) is 0 Å². The van der Waals surface area contributed by atoms with Gasteiger partial charge < -0.3 is 0 Å². The highest BCUT2D eigenvalue weighted by Crippen LogP contribution is 2.57. The van der Waals surface area contributed by atoms with E-state index in [9.17, 15) is 9.18 Å². The van der Waals surface area contributed by atoms with Crippen molar-refractivity contribution in [2.45, 2.75) is 46.0 Å². The molecule has 0 aromatic heterocycles. The smallest absolute Gasteiger partial charge is 0.169 e. The second-order valence-corrected chi connectivity index (χ2v) is 7.76. The van der Waals surface area contributed by atoms with Gasteiger partial charge >= 0.3 is 0 Å². The Bertz CT molecular complexity index is 553. The molecule has 2 heteroatoms. The van der Waals surface area contributed by atoms with Crippen LogP contribution < -0.4 is 0 Å². The monoisotopic (exact) mass is 286 g/mol. The summed E-state index contributed by atoms with van der Waals surface area (Å²) in [6.07, 6.45) is 6.20. The van der Waals surface area contributed by atoms with Gasteiger partial charge in [0.2, 0.25) is 0 Å². The number of hydrogen-bond acceptors (Lipinski definition) is 1. The minimum Gasteiger partial charge on any atom is -0.294 e. The molecule has 0 atom stereocenters. The number of carbonyl (C=O) groups excluding carboxylic acids is 1. The van der Waals surface area contributed by atoms with Gasteiger partial charge in [-0.25, -0.2) is 4.39 Å². The largest absolute Gasteiger partial charge is 0.294 e. The lowest BCUT2D eigenvalue weighted by Crippen LogP contribution is -2.48. The number of rotatable bonds is 2. The van der Waals surface area contributed by atoms with Gasteiger partial charge in [-0.3, -0.25) is 4.79 Å². The standard InChI is InChI=1S/C19H23FO/c1-10-3-11(2)17(16(20)4-10)19(21)18-14-6-12-5-13(8-14)9-15(18)7-12/h3-4,12-15,18H,5-9H2,1-2H3. The molecule has 0 aliphatic heterocycles. The van der Waals surface area contributed by atoms with Crippen LogP contribution in [0.25, 0.3) is 0 Å². The van der Waals surface area contributed by atoms with Crippen molar-refractivity contribution in [3.05, 3.63) is 34.6 Å². The third-order valence-corrected chi connectivity index (χ3v) is 6.21. The predicted octanol–water partition coefficient (Wildman–Crippen LogP) is 4.70. The molecule has 5 rings (SSSR count). The van der Waals surface area contributed by atoms with Crippen LogP contribution in [0.1, 0.15) is 53.6 Å². The van der Waals surface area contributed by atoms with Gasteiger partial charge in [-0.1, -0.05) is 6.07 Å². The molecular formula is C19H23FO. The third kappa shape index (κ3) is 2.06. The molecule has 112 valence electrons. The fraction of sp³-hybridized carbons (Fsp3) is 0.632. The van der Waals surface area contributed by atoms with Crippen LogP contribution in [0.5, 0.6) is 0 Å². The zero-order valence-electron chi connectivity index (χ0n) is 12.9. The van der Waals surface area contributed by atoms with Gasteiger partial charge in [0.1, 0.15) is 5.82 Å². The van der Waals surface area contributed by atoms with Crippen LogP contribution in [-0.4, -0.2) is 5.78 Å². The maximum Gasteiger partial charge on any atom is 0.169 e. The average molecular weight is 286 g/mol. The molecule has 4 aliphatic carbocycles. The number of hydrogen-bond donors (Lipinski definition) is 0. The number of benzene rings is 1. The fourth-order valence-corrected chi connectivity index (χ4v) is 5.75. The molecule has 4 saturated carbocycles. The first-order chi connectivity index (χ1) is 10.0. The van der Waals surface area contributed by atoms with Gasteiger partial charge in [0.15, 0.2) is 5.78 Å². The van der Waals surface area contributed by atoms with Crippen molar-refractivity contribution in [2.75, 3.05) is 0 Å². The number of ketones is 1. The first-order valence-corrected chi connectivity index (χ1v) is 8.34.